The molecule has 0 aliphatic rings. The Balaban J connectivity index is 2.96. The smallest absolute Gasteiger partial charge is 0.154 e. The molecule has 0 radical (unpaired) electrons. The van der Waals surface area contributed by atoms with Crippen molar-refractivity contribution < 1.29 is 9.90 Å². The predicted molar refractivity (Wildman–Crippen MR) is 55.4 cm³/mol. The first kappa shape index (κ1) is 8.56. The van der Waals surface area contributed by atoms with E-state index in [-0.39, 0.29) is 17.0 Å². The van der Waals surface area contributed by atoms with Crippen LogP contribution in [-0.2, 0) is 0 Å². The van der Waals surface area contributed by atoms with Crippen molar-refractivity contribution in [2.45, 2.75) is 0 Å². The number of carbonyl (C=O) groups excluding carboxylic acids is 1. The summed E-state index contributed by atoms with van der Waals surface area (Å²) in [6.45, 7) is 0. The molecule has 2 rings (SSSR count). The second-order valence-corrected chi connectivity index (χ2v) is 3.07. The minimum absolute atomic E-state index is 0.140. The van der Waals surface area contributed by atoms with Crippen molar-refractivity contribution in [3.8, 4) is 5.75 Å². The second-order valence-electron chi connectivity index (χ2n) is 3.07. The molecule has 0 saturated heterocycles. The van der Waals surface area contributed by atoms with Crippen LogP contribution in [0.1, 0.15) is 10.4 Å². The molecule has 0 fully saturated rings. The van der Waals surface area contributed by atoms with Gasteiger partial charge in [-0.2, -0.15) is 0 Å². The van der Waals surface area contributed by atoms with E-state index in [0.29, 0.717) is 11.7 Å². The van der Waals surface area contributed by atoms with Gasteiger partial charge in [-0.25, -0.2) is 0 Å². The fourth-order valence-corrected chi connectivity index (χ4v) is 1.51. The number of phenols is 1. The van der Waals surface area contributed by atoms with E-state index >= 15 is 0 Å². The minimum Gasteiger partial charge on any atom is -0.505 e. The van der Waals surface area contributed by atoms with Gasteiger partial charge in [-0.15, -0.1) is 0 Å². The number of nitrogens with two attached hydrogens (primary N) is 1. The molecule has 0 saturated carbocycles. The summed E-state index contributed by atoms with van der Waals surface area (Å²) >= 11 is 0. The van der Waals surface area contributed by atoms with Crippen molar-refractivity contribution in [1.82, 2.24) is 0 Å². The average molecular weight is 187 g/mol. The number of hydrogen-bond donors (Lipinski definition) is 2. The molecule has 14 heavy (non-hydrogen) atoms. The minimum atomic E-state index is -0.140. The Hall–Kier alpha value is -2.03. The van der Waals surface area contributed by atoms with Crippen molar-refractivity contribution in [1.29, 1.82) is 0 Å². The number of aldehydes is 1. The number of nitrogen functional groups attached to an aromatic ring is 1. The highest BCUT2D eigenvalue weighted by molar-refractivity contribution is 6.03. The SMILES string of the molecule is Nc1cc2ccccc2c(C=O)c1O. The summed E-state index contributed by atoms with van der Waals surface area (Å²) in [6.07, 6.45) is 0.619. The van der Waals surface area contributed by atoms with Crippen LogP contribution in [0.15, 0.2) is 30.3 Å². The Labute approximate surface area is 80.8 Å². The molecule has 0 amide bonds. The molecule has 0 bridgehead atoms. The van der Waals surface area contributed by atoms with Gasteiger partial charge in [-0.05, 0) is 16.8 Å². The lowest BCUT2D eigenvalue weighted by atomic mass is 10.0. The molecular formula is C11H9NO2. The Morgan fingerprint density at radius 2 is 2.00 bits per heavy atom. The number of rotatable bonds is 1. The van der Waals surface area contributed by atoms with Gasteiger partial charge in [0.2, 0.25) is 0 Å². The van der Waals surface area contributed by atoms with Crippen molar-refractivity contribution in [2.75, 3.05) is 5.73 Å². The third-order valence-corrected chi connectivity index (χ3v) is 2.21. The van der Waals surface area contributed by atoms with E-state index in [2.05, 4.69) is 0 Å². The summed E-state index contributed by atoms with van der Waals surface area (Å²) in [5.41, 5.74) is 6.03. The van der Waals surface area contributed by atoms with E-state index in [1.807, 2.05) is 18.2 Å². The van der Waals surface area contributed by atoms with Gasteiger partial charge in [0.1, 0.15) is 5.75 Å². The molecule has 0 atom stereocenters. The van der Waals surface area contributed by atoms with Gasteiger partial charge in [-0.1, -0.05) is 24.3 Å². The van der Waals surface area contributed by atoms with Crippen LogP contribution in [-0.4, -0.2) is 11.4 Å². The van der Waals surface area contributed by atoms with Crippen molar-refractivity contribution in [2.24, 2.45) is 0 Å². The zero-order valence-corrected chi connectivity index (χ0v) is 7.40. The fraction of sp³-hybridized carbons (Fsp3) is 0. The number of hydrogen-bond acceptors (Lipinski definition) is 3. The lowest BCUT2D eigenvalue weighted by Gasteiger charge is -2.06. The number of benzene rings is 2. The standard InChI is InChI=1S/C11H9NO2/c12-10-5-7-3-1-2-4-8(7)9(6-13)11(10)14/h1-6,14H,12H2. The van der Waals surface area contributed by atoms with Crippen LogP contribution in [0.4, 0.5) is 5.69 Å². The molecule has 0 aliphatic carbocycles. The Kier molecular flexibility index (Phi) is 1.85. The molecule has 2 aromatic rings. The van der Waals surface area contributed by atoms with Gasteiger partial charge >= 0.3 is 0 Å². The lowest BCUT2D eigenvalue weighted by Crippen LogP contribution is -1.92. The quantitative estimate of drug-likeness (QED) is 0.407. The maximum atomic E-state index is 10.8. The van der Waals surface area contributed by atoms with E-state index in [1.165, 1.54) is 0 Å². The number of aromatic hydroxyl groups is 1. The normalized spacial score (nSPS) is 10.3. The van der Waals surface area contributed by atoms with Crippen molar-refractivity contribution in [3.63, 3.8) is 0 Å². The number of anilines is 1. The molecule has 70 valence electrons. The third-order valence-electron chi connectivity index (χ3n) is 2.21. The maximum Gasteiger partial charge on any atom is 0.154 e. The van der Waals surface area contributed by atoms with Gasteiger partial charge < -0.3 is 10.8 Å². The Morgan fingerprint density at radius 3 is 2.71 bits per heavy atom. The zero-order valence-electron chi connectivity index (χ0n) is 7.40. The Morgan fingerprint density at radius 1 is 1.29 bits per heavy atom. The topological polar surface area (TPSA) is 63.3 Å². The fourth-order valence-electron chi connectivity index (χ4n) is 1.51. The van der Waals surface area contributed by atoms with Gasteiger partial charge in [0.05, 0.1) is 11.3 Å². The summed E-state index contributed by atoms with van der Waals surface area (Å²) in [5.74, 6) is -0.140. The van der Waals surface area contributed by atoms with E-state index in [1.54, 1.807) is 12.1 Å². The van der Waals surface area contributed by atoms with Crippen molar-refractivity contribution in [3.05, 3.63) is 35.9 Å². The summed E-state index contributed by atoms with van der Waals surface area (Å²) in [5, 5.41) is 11.1. The number of carbonyl (C=O) groups is 1. The van der Waals surface area contributed by atoms with Crippen molar-refractivity contribution >= 4 is 22.7 Å². The number of fused-ring (bicyclic) bond motifs is 1. The van der Waals surface area contributed by atoms with E-state index in [9.17, 15) is 9.90 Å². The molecule has 3 heteroatoms. The predicted octanol–water partition coefficient (Wildman–Crippen LogP) is 1.94. The molecule has 0 heterocycles. The summed E-state index contributed by atoms with van der Waals surface area (Å²) in [6, 6.07) is 8.94. The van der Waals surface area contributed by atoms with E-state index in [0.717, 1.165) is 5.39 Å². The average Bonchev–Trinajstić information content (AvgIpc) is 2.20. The van der Waals surface area contributed by atoms with Crippen LogP contribution in [0, 0.1) is 0 Å². The van der Waals surface area contributed by atoms with E-state index in [4.69, 9.17) is 5.73 Å². The van der Waals surface area contributed by atoms with Gasteiger partial charge in [0.15, 0.2) is 6.29 Å². The first-order valence-electron chi connectivity index (χ1n) is 4.19. The molecule has 0 aliphatic heterocycles. The summed E-state index contributed by atoms with van der Waals surface area (Å²) in [4.78, 5) is 10.8. The van der Waals surface area contributed by atoms with Crippen LogP contribution < -0.4 is 5.73 Å². The zero-order chi connectivity index (χ0) is 10.1. The van der Waals surface area contributed by atoms with Crippen LogP contribution in [0.2, 0.25) is 0 Å². The van der Waals surface area contributed by atoms with Gasteiger partial charge in [0, 0.05) is 0 Å². The monoisotopic (exact) mass is 187 g/mol. The maximum absolute atomic E-state index is 10.8. The molecule has 0 unspecified atom stereocenters. The van der Waals surface area contributed by atoms with Crippen LogP contribution in [0.3, 0.4) is 0 Å². The largest absolute Gasteiger partial charge is 0.505 e. The molecular weight excluding hydrogens is 178 g/mol. The molecule has 3 N–H and O–H groups in total. The highest BCUT2D eigenvalue weighted by atomic mass is 16.3. The first-order valence-corrected chi connectivity index (χ1v) is 4.19. The number of phenolic OH excluding ortho intramolecular Hbond substituents is 1. The summed E-state index contributed by atoms with van der Waals surface area (Å²) in [7, 11) is 0. The molecule has 2 aromatic carbocycles. The Bertz CT molecular complexity index is 506. The second kappa shape index (κ2) is 3.03. The summed E-state index contributed by atoms with van der Waals surface area (Å²) < 4.78 is 0. The highest BCUT2D eigenvalue weighted by Gasteiger charge is 2.08. The van der Waals surface area contributed by atoms with Crippen LogP contribution in [0.5, 0.6) is 5.75 Å². The van der Waals surface area contributed by atoms with Crippen LogP contribution in [0.25, 0.3) is 10.8 Å². The lowest BCUT2D eigenvalue weighted by molar-refractivity contribution is 0.112. The molecule has 0 aromatic heterocycles. The first-order chi connectivity index (χ1) is 6.74. The third kappa shape index (κ3) is 1.10. The molecule has 3 nitrogen and oxygen atoms in total. The highest BCUT2D eigenvalue weighted by Crippen LogP contribution is 2.31. The van der Waals surface area contributed by atoms with Gasteiger partial charge in [-0.3, -0.25) is 4.79 Å². The van der Waals surface area contributed by atoms with Crippen LogP contribution >= 0.6 is 0 Å². The van der Waals surface area contributed by atoms with Gasteiger partial charge in [0.25, 0.3) is 0 Å². The molecule has 0 spiro atoms. The van der Waals surface area contributed by atoms with E-state index < -0.39 is 0 Å².